The number of hydrogen-bond donors (Lipinski definition) is 0. The first-order valence-electron chi connectivity index (χ1n) is 10.4. The van der Waals surface area contributed by atoms with Gasteiger partial charge in [-0.25, -0.2) is 0 Å². The Hall–Kier alpha value is -0.400. The van der Waals surface area contributed by atoms with Gasteiger partial charge in [0.25, 0.3) is 0 Å². The van der Waals surface area contributed by atoms with Crippen LogP contribution in [-0.2, 0) is 16.1 Å². The molecule has 3 unspecified atom stereocenters. The molecule has 3 atom stereocenters. The predicted octanol–water partition coefficient (Wildman–Crippen LogP) is 5.59. The largest absolute Gasteiger partial charge is 0.487 e. The number of thioether (sulfide) groups is 1. The molecule has 1 aliphatic rings. The van der Waals surface area contributed by atoms with Gasteiger partial charge in [0.1, 0.15) is 18.6 Å². The topological polar surface area (TPSA) is 57.9 Å². The van der Waals surface area contributed by atoms with Crippen molar-refractivity contribution < 1.29 is 18.6 Å². The van der Waals surface area contributed by atoms with E-state index < -0.39 is 0 Å². The average molecular weight is 467 g/mol. The van der Waals surface area contributed by atoms with E-state index in [1.54, 1.807) is 0 Å². The van der Waals surface area contributed by atoms with E-state index in [1.165, 1.54) is 12.3 Å². The van der Waals surface area contributed by atoms with E-state index in [-0.39, 0.29) is 34.8 Å². The molecule has 1 aromatic rings. The highest BCUT2D eigenvalue weighted by Crippen LogP contribution is 2.18. The smallest absolute Gasteiger partial charge is 0.227 e. The zero-order valence-electron chi connectivity index (χ0n) is 17.1. The number of rotatable bonds is 14. The van der Waals surface area contributed by atoms with Gasteiger partial charge in [-0.05, 0) is 63.4 Å². The fourth-order valence-electron chi connectivity index (χ4n) is 2.83. The summed E-state index contributed by atoms with van der Waals surface area (Å²) in [6.45, 7) is 3.39. The van der Waals surface area contributed by atoms with Crippen molar-refractivity contribution >= 4 is 35.0 Å². The van der Waals surface area contributed by atoms with E-state index in [0.29, 0.717) is 12.4 Å². The van der Waals surface area contributed by atoms with Crippen LogP contribution in [0.1, 0.15) is 57.6 Å². The predicted molar refractivity (Wildman–Crippen MR) is 120 cm³/mol. The molecule has 0 spiro atoms. The van der Waals surface area contributed by atoms with E-state index >= 15 is 0 Å². The number of halogens is 2. The van der Waals surface area contributed by atoms with Crippen LogP contribution in [0.5, 0.6) is 5.75 Å². The summed E-state index contributed by atoms with van der Waals surface area (Å²) in [5.74, 6) is 2.87. The van der Waals surface area contributed by atoms with Crippen molar-refractivity contribution in [1.82, 2.24) is 0 Å². The molecule has 1 aromatic heterocycles. The zero-order valence-corrected chi connectivity index (χ0v) is 19.4. The van der Waals surface area contributed by atoms with Gasteiger partial charge < -0.3 is 18.6 Å². The zero-order chi connectivity index (χ0) is 20.9. The Morgan fingerprint density at radius 2 is 2.10 bits per heavy atom. The third-order valence-electron chi connectivity index (χ3n) is 4.63. The summed E-state index contributed by atoms with van der Waals surface area (Å²) < 4.78 is 22.2. The molecule has 1 saturated heterocycles. The molecule has 0 aliphatic carbocycles. The summed E-state index contributed by atoms with van der Waals surface area (Å²) in [5, 5.41) is 0.0577. The summed E-state index contributed by atoms with van der Waals surface area (Å²) >= 11 is 14.0. The van der Waals surface area contributed by atoms with Crippen LogP contribution in [-0.4, -0.2) is 41.8 Å². The highest BCUT2D eigenvalue weighted by Gasteiger charge is 2.15. The lowest BCUT2D eigenvalue weighted by Gasteiger charge is -2.22. The number of ether oxygens (including phenoxy) is 3. The minimum absolute atomic E-state index is 0.0135. The molecule has 0 N–H and O–H groups in total. The lowest BCUT2D eigenvalue weighted by atomic mass is 10.2. The van der Waals surface area contributed by atoms with Crippen LogP contribution in [0.25, 0.3) is 0 Å². The van der Waals surface area contributed by atoms with E-state index in [2.05, 4.69) is 0 Å². The van der Waals surface area contributed by atoms with Gasteiger partial charge in [-0.1, -0.05) is 0 Å². The van der Waals surface area contributed by atoms with Crippen molar-refractivity contribution in [3.8, 4) is 5.75 Å². The van der Waals surface area contributed by atoms with Crippen LogP contribution in [0.4, 0.5) is 0 Å². The normalized spacial score (nSPS) is 19.1. The fraction of sp³-hybridized carbons (Fsp3) is 0.762. The molecule has 2 rings (SSSR count). The minimum atomic E-state index is -0.205. The van der Waals surface area contributed by atoms with Crippen LogP contribution in [0, 0.1) is 0 Å². The molecule has 29 heavy (non-hydrogen) atoms. The first kappa shape index (κ1) is 24.9. The van der Waals surface area contributed by atoms with Crippen LogP contribution < -0.4 is 10.2 Å². The number of alkyl halides is 2. The van der Waals surface area contributed by atoms with Crippen LogP contribution in [0.3, 0.4) is 0 Å². The monoisotopic (exact) mass is 466 g/mol. The summed E-state index contributed by atoms with van der Waals surface area (Å²) in [7, 11) is 0. The maximum atomic E-state index is 12.1. The lowest BCUT2D eigenvalue weighted by Crippen LogP contribution is -2.22. The first-order chi connectivity index (χ1) is 14.1. The van der Waals surface area contributed by atoms with Gasteiger partial charge in [0.15, 0.2) is 6.29 Å². The van der Waals surface area contributed by atoms with Crippen LogP contribution >= 0.6 is 35.0 Å². The third kappa shape index (κ3) is 10.5. The van der Waals surface area contributed by atoms with Gasteiger partial charge in [0.05, 0.1) is 12.0 Å². The van der Waals surface area contributed by atoms with E-state index in [4.69, 9.17) is 41.8 Å². The molecule has 5 nitrogen and oxygen atoms in total. The van der Waals surface area contributed by atoms with Gasteiger partial charge in [-0.3, -0.25) is 4.79 Å². The lowest BCUT2D eigenvalue weighted by molar-refractivity contribution is -0.171. The Kier molecular flexibility index (Phi) is 12.5. The van der Waals surface area contributed by atoms with Crippen LogP contribution in [0.15, 0.2) is 21.5 Å². The van der Waals surface area contributed by atoms with Crippen molar-refractivity contribution in [2.45, 2.75) is 75.5 Å². The Bertz CT molecular complexity index is 619. The Morgan fingerprint density at radius 3 is 2.83 bits per heavy atom. The molecule has 0 bridgehead atoms. The number of hydrogen-bond acceptors (Lipinski definition) is 6. The Balaban J connectivity index is 1.53. The maximum Gasteiger partial charge on any atom is 0.227 e. The van der Waals surface area contributed by atoms with Crippen LogP contribution in [0.2, 0.25) is 0 Å². The van der Waals surface area contributed by atoms with Gasteiger partial charge in [0.2, 0.25) is 11.2 Å². The summed E-state index contributed by atoms with van der Waals surface area (Å²) in [4.78, 5) is 12.1. The summed E-state index contributed by atoms with van der Waals surface area (Å²) in [5.41, 5.74) is -0.181. The Labute approximate surface area is 187 Å². The molecule has 0 saturated carbocycles. The van der Waals surface area contributed by atoms with E-state index in [1.807, 2.05) is 18.7 Å². The molecule has 1 fully saturated rings. The molecular weight excluding hydrogens is 435 g/mol. The average Bonchev–Trinajstić information content (AvgIpc) is 2.72. The summed E-state index contributed by atoms with van der Waals surface area (Å²) in [6, 6.07) is 1.43. The molecule has 166 valence electrons. The first-order valence-corrected chi connectivity index (χ1v) is 12.4. The van der Waals surface area contributed by atoms with Gasteiger partial charge in [0, 0.05) is 18.1 Å². The van der Waals surface area contributed by atoms with Crippen molar-refractivity contribution in [2.24, 2.45) is 0 Å². The highest BCUT2D eigenvalue weighted by molar-refractivity contribution is 7.99. The van der Waals surface area contributed by atoms with Gasteiger partial charge >= 0.3 is 0 Å². The second-order valence-electron chi connectivity index (χ2n) is 7.19. The minimum Gasteiger partial charge on any atom is -0.487 e. The van der Waals surface area contributed by atoms with Crippen molar-refractivity contribution in [2.75, 3.05) is 24.7 Å². The van der Waals surface area contributed by atoms with Crippen molar-refractivity contribution in [3.63, 3.8) is 0 Å². The van der Waals surface area contributed by atoms with Crippen molar-refractivity contribution in [1.29, 1.82) is 0 Å². The fourth-order valence-corrected chi connectivity index (χ4v) is 4.23. The Morgan fingerprint density at radius 1 is 1.24 bits per heavy atom. The second kappa shape index (κ2) is 14.6. The standard InChI is InChI=1S/C21H32Cl2O5S/c1-16(22)18(23)8-12-29-11-6-2-4-9-25-20-15-27-17(13-19(20)24)14-28-21-7-3-5-10-26-21/h13,15-16,18,21H,2-12,14H2,1H3. The van der Waals surface area contributed by atoms with Gasteiger partial charge in [-0.15, -0.1) is 23.2 Å². The van der Waals surface area contributed by atoms with E-state index in [9.17, 15) is 4.79 Å². The molecule has 0 radical (unpaired) electrons. The molecule has 2 heterocycles. The second-order valence-corrected chi connectivity index (χ2v) is 9.66. The third-order valence-corrected chi connectivity index (χ3v) is 6.76. The van der Waals surface area contributed by atoms with Crippen molar-refractivity contribution in [3.05, 3.63) is 28.3 Å². The maximum absolute atomic E-state index is 12.1. The molecule has 1 aliphatic heterocycles. The van der Waals surface area contributed by atoms with E-state index in [0.717, 1.165) is 63.1 Å². The number of unbranched alkanes of at least 4 members (excludes halogenated alkanes) is 2. The molecular formula is C21H32Cl2O5S. The molecule has 8 heteroatoms. The SMILES string of the molecule is CC(Cl)C(Cl)CCSCCCCCOc1coc(COC2CCCCO2)cc1=O. The highest BCUT2D eigenvalue weighted by atomic mass is 35.5. The quantitative estimate of drug-likeness (QED) is 0.263. The molecule has 0 amide bonds. The van der Waals surface area contributed by atoms with Gasteiger partial charge in [-0.2, -0.15) is 11.8 Å². The summed E-state index contributed by atoms with van der Waals surface area (Å²) in [6.07, 6.45) is 8.23. The molecule has 0 aromatic carbocycles.